The average molecular weight is 393 g/mol. The van der Waals surface area contributed by atoms with Crippen molar-refractivity contribution in [3.8, 4) is 17.0 Å². The normalized spacial score (nSPS) is 14.0. The molecule has 1 aliphatic heterocycles. The first kappa shape index (κ1) is 18.8. The van der Waals surface area contributed by atoms with E-state index in [0.717, 1.165) is 17.1 Å². The van der Waals surface area contributed by atoms with Gasteiger partial charge in [0, 0.05) is 44.1 Å². The number of hydrogen-bond donors (Lipinski definition) is 0. The van der Waals surface area contributed by atoms with Crippen LogP contribution in [0, 0.1) is 5.82 Å². The molecular weight excluding hydrogens is 373 g/mol. The Kier molecular flexibility index (Phi) is 5.60. The molecule has 1 aromatic carbocycles. The minimum absolute atomic E-state index is 0.0642. The molecule has 0 saturated carbocycles. The Bertz CT molecular complexity index is 943. The van der Waals surface area contributed by atoms with E-state index in [2.05, 4.69) is 20.1 Å². The number of anilines is 1. The fourth-order valence-electron chi connectivity index (χ4n) is 3.11. The second kappa shape index (κ2) is 8.64. The molecule has 0 atom stereocenters. The van der Waals surface area contributed by atoms with Crippen molar-refractivity contribution in [2.75, 3.05) is 37.7 Å². The van der Waals surface area contributed by atoms with Gasteiger partial charge in [0.1, 0.15) is 11.6 Å². The average Bonchev–Trinajstić information content (AvgIpc) is 2.79. The zero-order chi connectivity index (χ0) is 20.1. The number of aromatic nitrogens is 3. The molecule has 4 rings (SSSR count). The molecule has 7 nitrogen and oxygen atoms in total. The first-order valence-electron chi connectivity index (χ1n) is 9.34. The van der Waals surface area contributed by atoms with E-state index in [0.29, 0.717) is 31.9 Å². The topological polar surface area (TPSA) is 71.5 Å². The molecular formula is C21H20FN5O2. The fourth-order valence-corrected chi connectivity index (χ4v) is 3.11. The number of carbonyl (C=O) groups is 1. The molecule has 3 heterocycles. The molecule has 8 heteroatoms. The number of nitrogens with zero attached hydrogens (tertiary/aromatic N) is 5. The van der Waals surface area contributed by atoms with Crippen LogP contribution in [0.5, 0.6) is 5.75 Å². The number of hydrogen-bond acceptors (Lipinski definition) is 6. The maximum absolute atomic E-state index is 12.9. The van der Waals surface area contributed by atoms with Gasteiger partial charge in [0.05, 0.1) is 5.69 Å². The van der Waals surface area contributed by atoms with Crippen LogP contribution in [0.1, 0.15) is 0 Å². The lowest BCUT2D eigenvalue weighted by molar-refractivity contribution is -0.133. The molecule has 3 aromatic rings. The highest BCUT2D eigenvalue weighted by Gasteiger charge is 2.22. The summed E-state index contributed by atoms with van der Waals surface area (Å²) in [6, 6.07) is 13.3. The summed E-state index contributed by atoms with van der Waals surface area (Å²) < 4.78 is 18.4. The van der Waals surface area contributed by atoms with Crippen LogP contribution in [0.3, 0.4) is 0 Å². The van der Waals surface area contributed by atoms with E-state index in [1.54, 1.807) is 17.3 Å². The number of carbonyl (C=O) groups excluding carboxylic acids is 1. The summed E-state index contributed by atoms with van der Waals surface area (Å²) in [4.78, 5) is 20.3. The third-order valence-electron chi connectivity index (χ3n) is 4.74. The van der Waals surface area contributed by atoms with Gasteiger partial charge in [-0.2, -0.15) is 0 Å². The molecule has 1 amide bonds. The number of ether oxygens (including phenoxy) is 1. The van der Waals surface area contributed by atoms with Gasteiger partial charge >= 0.3 is 0 Å². The van der Waals surface area contributed by atoms with Gasteiger partial charge in [0.2, 0.25) is 0 Å². The minimum Gasteiger partial charge on any atom is -0.484 e. The lowest BCUT2D eigenvalue weighted by atomic mass is 10.2. The molecule has 148 valence electrons. The van der Waals surface area contributed by atoms with E-state index in [4.69, 9.17) is 4.74 Å². The molecule has 29 heavy (non-hydrogen) atoms. The molecule has 0 N–H and O–H groups in total. The standard InChI is InChI=1S/C21H20FN5O2/c22-17-3-5-18(6-4-17)29-15-21(28)27-12-10-26(11-13-27)20-8-7-19(24-25-20)16-2-1-9-23-14-16/h1-9,14H,10-13,15H2. The van der Waals surface area contributed by atoms with E-state index < -0.39 is 0 Å². The van der Waals surface area contributed by atoms with Crippen molar-refractivity contribution in [2.24, 2.45) is 0 Å². The minimum atomic E-state index is -0.337. The fraction of sp³-hybridized carbons (Fsp3) is 0.238. The van der Waals surface area contributed by atoms with Gasteiger partial charge < -0.3 is 14.5 Å². The van der Waals surface area contributed by atoms with Gasteiger partial charge in [0.15, 0.2) is 12.4 Å². The first-order chi connectivity index (χ1) is 14.2. The van der Waals surface area contributed by atoms with Crippen molar-refractivity contribution in [1.82, 2.24) is 20.1 Å². The third kappa shape index (κ3) is 4.66. The van der Waals surface area contributed by atoms with Crippen molar-refractivity contribution in [1.29, 1.82) is 0 Å². The summed E-state index contributed by atoms with van der Waals surface area (Å²) in [5, 5.41) is 8.61. The van der Waals surface area contributed by atoms with E-state index in [1.165, 1.54) is 24.3 Å². The number of benzene rings is 1. The van der Waals surface area contributed by atoms with Gasteiger partial charge in [-0.1, -0.05) is 0 Å². The zero-order valence-corrected chi connectivity index (χ0v) is 15.7. The lowest BCUT2D eigenvalue weighted by Crippen LogP contribution is -2.50. The maximum Gasteiger partial charge on any atom is 0.260 e. The maximum atomic E-state index is 12.9. The summed E-state index contributed by atoms with van der Waals surface area (Å²) in [6.07, 6.45) is 3.47. The molecule has 1 fully saturated rings. The van der Waals surface area contributed by atoms with Gasteiger partial charge in [-0.25, -0.2) is 4.39 Å². The van der Waals surface area contributed by atoms with E-state index in [9.17, 15) is 9.18 Å². The van der Waals surface area contributed by atoms with E-state index in [-0.39, 0.29) is 18.3 Å². The monoisotopic (exact) mass is 393 g/mol. The summed E-state index contributed by atoms with van der Waals surface area (Å²) in [5.41, 5.74) is 1.69. The van der Waals surface area contributed by atoms with Crippen LogP contribution in [-0.4, -0.2) is 58.8 Å². The van der Waals surface area contributed by atoms with Gasteiger partial charge in [0.25, 0.3) is 5.91 Å². The summed E-state index contributed by atoms with van der Waals surface area (Å²) in [6.45, 7) is 2.44. The molecule has 0 radical (unpaired) electrons. The van der Waals surface area contributed by atoms with Crippen LogP contribution in [0.25, 0.3) is 11.3 Å². The Hall–Kier alpha value is -3.55. The lowest BCUT2D eigenvalue weighted by Gasteiger charge is -2.35. The Morgan fingerprint density at radius 2 is 1.79 bits per heavy atom. The Labute approximate surface area is 167 Å². The quantitative estimate of drug-likeness (QED) is 0.663. The molecule has 2 aromatic heterocycles. The van der Waals surface area contributed by atoms with E-state index >= 15 is 0 Å². The predicted octanol–water partition coefficient (Wildman–Crippen LogP) is 2.41. The Balaban J connectivity index is 1.28. The van der Waals surface area contributed by atoms with Crippen molar-refractivity contribution in [2.45, 2.75) is 0 Å². The molecule has 1 saturated heterocycles. The Morgan fingerprint density at radius 3 is 2.45 bits per heavy atom. The number of piperazine rings is 1. The van der Waals surface area contributed by atoms with Gasteiger partial charge in [-0.05, 0) is 48.5 Å². The predicted molar refractivity (Wildman–Crippen MR) is 106 cm³/mol. The molecule has 0 spiro atoms. The van der Waals surface area contributed by atoms with Crippen molar-refractivity contribution < 1.29 is 13.9 Å². The van der Waals surface area contributed by atoms with Crippen LogP contribution in [0.2, 0.25) is 0 Å². The highest BCUT2D eigenvalue weighted by atomic mass is 19.1. The van der Waals surface area contributed by atoms with Crippen LogP contribution >= 0.6 is 0 Å². The third-order valence-corrected chi connectivity index (χ3v) is 4.74. The number of pyridine rings is 1. The summed E-state index contributed by atoms with van der Waals surface area (Å²) >= 11 is 0. The zero-order valence-electron chi connectivity index (χ0n) is 15.7. The van der Waals surface area contributed by atoms with E-state index in [1.807, 2.05) is 24.3 Å². The second-order valence-corrected chi connectivity index (χ2v) is 6.63. The molecule has 0 unspecified atom stereocenters. The van der Waals surface area contributed by atoms with Crippen molar-refractivity contribution >= 4 is 11.7 Å². The Morgan fingerprint density at radius 1 is 1.00 bits per heavy atom. The van der Waals surface area contributed by atoms with Crippen molar-refractivity contribution in [3.05, 3.63) is 66.7 Å². The highest BCUT2D eigenvalue weighted by molar-refractivity contribution is 5.78. The molecule has 0 bridgehead atoms. The van der Waals surface area contributed by atoms with Crippen LogP contribution in [0.15, 0.2) is 60.9 Å². The van der Waals surface area contributed by atoms with Crippen LogP contribution in [-0.2, 0) is 4.79 Å². The first-order valence-corrected chi connectivity index (χ1v) is 9.34. The number of halogens is 1. The SMILES string of the molecule is O=C(COc1ccc(F)cc1)N1CCN(c2ccc(-c3cccnc3)nn2)CC1. The highest BCUT2D eigenvalue weighted by Crippen LogP contribution is 2.18. The summed E-state index contributed by atoms with van der Waals surface area (Å²) in [7, 11) is 0. The molecule has 1 aliphatic rings. The van der Waals surface area contributed by atoms with Gasteiger partial charge in [-0.15, -0.1) is 10.2 Å². The van der Waals surface area contributed by atoms with Crippen LogP contribution in [0.4, 0.5) is 10.2 Å². The molecule has 0 aliphatic carbocycles. The van der Waals surface area contributed by atoms with Crippen LogP contribution < -0.4 is 9.64 Å². The van der Waals surface area contributed by atoms with Crippen molar-refractivity contribution in [3.63, 3.8) is 0 Å². The largest absolute Gasteiger partial charge is 0.484 e. The smallest absolute Gasteiger partial charge is 0.260 e. The van der Waals surface area contributed by atoms with Gasteiger partial charge in [-0.3, -0.25) is 9.78 Å². The second-order valence-electron chi connectivity index (χ2n) is 6.63. The summed E-state index contributed by atoms with van der Waals surface area (Å²) in [5.74, 6) is 0.831. The number of amides is 1. The number of rotatable bonds is 5.